The molecule has 16 heavy (non-hydrogen) atoms. The number of rotatable bonds is 5. The van der Waals surface area contributed by atoms with Crippen molar-refractivity contribution >= 4 is 25.1 Å². The Morgan fingerprint density at radius 2 is 1.50 bits per heavy atom. The van der Waals surface area contributed by atoms with E-state index in [0.29, 0.717) is 10.4 Å². The van der Waals surface area contributed by atoms with Gasteiger partial charge in [-0.1, -0.05) is 62.6 Å². The Morgan fingerprint density at radius 3 is 1.88 bits per heavy atom. The Kier molecular flexibility index (Phi) is 4.75. The molecule has 1 aromatic carbocycles. The van der Waals surface area contributed by atoms with E-state index < -0.39 is 8.07 Å². The number of benzene rings is 1. The molecule has 0 spiro atoms. The summed E-state index contributed by atoms with van der Waals surface area (Å²) in [6.07, 6.45) is 0. The number of carbonyl (C=O) groups is 1. The lowest BCUT2D eigenvalue weighted by Gasteiger charge is -2.25. The molecule has 0 amide bonds. The van der Waals surface area contributed by atoms with Crippen LogP contribution in [0, 0.1) is 0 Å². The average molecular weight is 255 g/mol. The van der Waals surface area contributed by atoms with Gasteiger partial charge in [-0.15, -0.1) is 0 Å². The summed E-state index contributed by atoms with van der Waals surface area (Å²) < 4.78 is 0. The number of carbonyl (C=O) groups excluding carboxylic acids is 1. The predicted molar refractivity (Wildman–Crippen MR) is 73.0 cm³/mol. The number of hydrogen-bond donors (Lipinski definition) is 0. The van der Waals surface area contributed by atoms with E-state index in [1.54, 1.807) is 12.1 Å². The third kappa shape index (κ3) is 2.55. The summed E-state index contributed by atoms with van der Waals surface area (Å²) in [5.41, 5.74) is 0.835. The molecule has 0 aliphatic heterocycles. The van der Waals surface area contributed by atoms with Gasteiger partial charge in [0.1, 0.15) is 13.5 Å². The lowest BCUT2D eigenvalue weighted by Crippen LogP contribution is -2.42. The van der Waals surface area contributed by atoms with E-state index in [1.165, 1.54) is 0 Å². The third-order valence-electron chi connectivity index (χ3n) is 3.62. The summed E-state index contributed by atoms with van der Waals surface area (Å²) in [7, 11) is -1.76. The van der Waals surface area contributed by atoms with Gasteiger partial charge in [0.05, 0.1) is 0 Å². The lowest BCUT2D eigenvalue weighted by atomic mass is 10.2. The van der Waals surface area contributed by atoms with Gasteiger partial charge in [-0.25, -0.2) is 0 Å². The molecule has 0 bridgehead atoms. The smallest absolute Gasteiger partial charge is 0.140 e. The van der Waals surface area contributed by atoms with E-state index in [9.17, 15) is 4.79 Å². The SMILES string of the molecule is CC[Si](CC)(CC)C(=O)c1ccc(Cl)cc1. The quantitative estimate of drug-likeness (QED) is 0.704. The first-order valence-corrected chi connectivity index (χ1v) is 8.90. The first-order chi connectivity index (χ1) is 7.59. The molecular weight excluding hydrogens is 236 g/mol. The van der Waals surface area contributed by atoms with Gasteiger partial charge in [0.2, 0.25) is 0 Å². The highest BCUT2D eigenvalue weighted by molar-refractivity contribution is 7.07. The molecule has 0 aliphatic rings. The minimum atomic E-state index is -1.76. The van der Waals surface area contributed by atoms with Gasteiger partial charge in [-0.05, 0) is 12.1 Å². The van der Waals surface area contributed by atoms with Crippen LogP contribution in [0.3, 0.4) is 0 Å². The maximum atomic E-state index is 12.5. The van der Waals surface area contributed by atoms with Crippen LogP contribution < -0.4 is 0 Å². The third-order valence-corrected chi connectivity index (χ3v) is 9.18. The van der Waals surface area contributed by atoms with Gasteiger partial charge >= 0.3 is 0 Å². The normalized spacial score (nSPS) is 11.5. The molecule has 0 heterocycles. The largest absolute Gasteiger partial charge is 0.300 e. The molecular formula is C13H19ClOSi. The minimum absolute atomic E-state index is 0.386. The van der Waals surface area contributed by atoms with Crippen LogP contribution in [0.4, 0.5) is 0 Å². The first-order valence-electron chi connectivity index (χ1n) is 5.90. The van der Waals surface area contributed by atoms with Gasteiger partial charge in [0, 0.05) is 10.6 Å². The highest BCUT2D eigenvalue weighted by Gasteiger charge is 2.36. The first kappa shape index (κ1) is 13.5. The Morgan fingerprint density at radius 1 is 1.06 bits per heavy atom. The maximum absolute atomic E-state index is 12.5. The molecule has 0 aliphatic carbocycles. The van der Waals surface area contributed by atoms with Gasteiger partial charge in [-0.2, -0.15) is 0 Å². The van der Waals surface area contributed by atoms with Crippen LogP contribution in [-0.4, -0.2) is 13.5 Å². The van der Waals surface area contributed by atoms with Crippen molar-refractivity contribution in [2.75, 3.05) is 0 Å². The van der Waals surface area contributed by atoms with Crippen LogP contribution in [-0.2, 0) is 0 Å². The molecule has 0 fully saturated rings. The standard InChI is InChI=1S/C13H19ClOSi/c1-4-16(5-2,6-3)13(15)11-7-9-12(14)10-8-11/h7-10H,4-6H2,1-3H3. The average Bonchev–Trinajstić information content (AvgIpc) is 2.33. The van der Waals surface area contributed by atoms with Crippen LogP contribution in [0.1, 0.15) is 31.1 Å². The topological polar surface area (TPSA) is 17.1 Å². The van der Waals surface area contributed by atoms with Crippen LogP contribution in [0.15, 0.2) is 24.3 Å². The van der Waals surface area contributed by atoms with E-state index in [2.05, 4.69) is 20.8 Å². The van der Waals surface area contributed by atoms with Crippen molar-refractivity contribution in [3.05, 3.63) is 34.9 Å². The van der Waals surface area contributed by atoms with Crippen LogP contribution in [0.25, 0.3) is 0 Å². The van der Waals surface area contributed by atoms with Crippen LogP contribution in [0.5, 0.6) is 0 Å². The van der Waals surface area contributed by atoms with Gasteiger partial charge < -0.3 is 4.79 Å². The molecule has 0 N–H and O–H groups in total. The summed E-state index contributed by atoms with van der Waals surface area (Å²) in [5, 5.41) is 1.07. The second kappa shape index (κ2) is 5.64. The van der Waals surface area contributed by atoms with Crippen molar-refractivity contribution in [3.8, 4) is 0 Å². The van der Waals surface area contributed by atoms with Gasteiger partial charge in [-0.3, -0.25) is 0 Å². The molecule has 0 aromatic heterocycles. The summed E-state index contributed by atoms with van der Waals surface area (Å²) in [5.74, 6) is 0. The van der Waals surface area contributed by atoms with Crippen molar-refractivity contribution in [2.45, 2.75) is 38.9 Å². The van der Waals surface area contributed by atoms with Crippen LogP contribution >= 0.6 is 11.6 Å². The zero-order valence-corrected chi connectivity index (χ0v) is 12.0. The molecule has 0 saturated heterocycles. The molecule has 0 atom stereocenters. The van der Waals surface area contributed by atoms with Crippen molar-refractivity contribution in [3.63, 3.8) is 0 Å². The van der Waals surface area contributed by atoms with Crippen LogP contribution in [0.2, 0.25) is 23.2 Å². The van der Waals surface area contributed by atoms with Gasteiger partial charge in [0.25, 0.3) is 0 Å². The second-order valence-electron chi connectivity index (χ2n) is 4.18. The molecule has 1 nitrogen and oxygen atoms in total. The van der Waals surface area contributed by atoms with Crippen molar-refractivity contribution < 1.29 is 4.79 Å². The highest BCUT2D eigenvalue weighted by atomic mass is 35.5. The fourth-order valence-electron chi connectivity index (χ4n) is 2.14. The van der Waals surface area contributed by atoms with Crippen molar-refractivity contribution in [1.82, 2.24) is 0 Å². The molecule has 88 valence electrons. The Hall–Kier alpha value is -0.603. The molecule has 0 radical (unpaired) electrons. The van der Waals surface area contributed by atoms with Crippen molar-refractivity contribution in [2.24, 2.45) is 0 Å². The Bertz CT molecular complexity index is 346. The lowest BCUT2D eigenvalue weighted by molar-refractivity contribution is 0.106. The second-order valence-corrected chi connectivity index (χ2v) is 9.75. The maximum Gasteiger partial charge on any atom is 0.140 e. The van der Waals surface area contributed by atoms with Crippen molar-refractivity contribution in [1.29, 1.82) is 0 Å². The zero-order chi connectivity index (χ0) is 12.2. The number of halogens is 1. The summed E-state index contributed by atoms with van der Waals surface area (Å²) in [6.45, 7) is 6.44. The monoisotopic (exact) mass is 254 g/mol. The summed E-state index contributed by atoms with van der Waals surface area (Å²) in [6, 6.07) is 10.4. The molecule has 1 rings (SSSR count). The zero-order valence-electron chi connectivity index (χ0n) is 10.2. The minimum Gasteiger partial charge on any atom is -0.300 e. The Labute approximate surface area is 104 Å². The molecule has 0 saturated carbocycles. The van der Waals surface area contributed by atoms with E-state index in [4.69, 9.17) is 11.6 Å². The summed E-state index contributed by atoms with van der Waals surface area (Å²) >= 11 is 5.83. The fourth-order valence-corrected chi connectivity index (χ4v) is 5.51. The fraction of sp³-hybridized carbons (Fsp3) is 0.462. The summed E-state index contributed by atoms with van der Waals surface area (Å²) in [4.78, 5) is 12.5. The van der Waals surface area contributed by atoms with Gasteiger partial charge in [0.15, 0.2) is 0 Å². The number of hydrogen-bond acceptors (Lipinski definition) is 1. The van der Waals surface area contributed by atoms with E-state index in [1.807, 2.05) is 12.1 Å². The Balaban J connectivity index is 3.04. The molecule has 1 aromatic rings. The predicted octanol–water partition coefficient (Wildman–Crippen LogP) is 4.57. The molecule has 3 heteroatoms. The molecule has 0 unspecified atom stereocenters. The van der Waals surface area contributed by atoms with E-state index >= 15 is 0 Å². The van der Waals surface area contributed by atoms with E-state index in [0.717, 1.165) is 23.7 Å². The van der Waals surface area contributed by atoms with E-state index in [-0.39, 0.29) is 0 Å². The highest BCUT2D eigenvalue weighted by Crippen LogP contribution is 2.25.